The van der Waals surface area contributed by atoms with E-state index in [0.29, 0.717) is 10.8 Å². The minimum atomic E-state index is 0.0647. The van der Waals surface area contributed by atoms with Crippen molar-refractivity contribution in [2.45, 2.75) is 26.8 Å². The van der Waals surface area contributed by atoms with Gasteiger partial charge in [-0.15, -0.1) is 0 Å². The summed E-state index contributed by atoms with van der Waals surface area (Å²) in [7, 11) is 1.91. The molecular formula is C11H18ClN3. The van der Waals surface area contributed by atoms with Gasteiger partial charge in [0, 0.05) is 17.8 Å². The molecule has 0 aliphatic carbocycles. The third kappa shape index (κ3) is 2.83. The predicted molar refractivity (Wildman–Crippen MR) is 64.9 cm³/mol. The molecule has 4 heteroatoms. The Kier molecular flexibility index (Phi) is 3.58. The number of rotatable bonds is 2. The van der Waals surface area contributed by atoms with Gasteiger partial charge >= 0.3 is 0 Å². The van der Waals surface area contributed by atoms with Crippen LogP contribution in [0, 0.1) is 5.41 Å². The number of nitrogens with one attached hydrogen (secondary N) is 1. The van der Waals surface area contributed by atoms with Crippen molar-refractivity contribution < 1.29 is 0 Å². The Morgan fingerprint density at radius 3 is 2.53 bits per heavy atom. The average Bonchev–Trinajstić information content (AvgIpc) is 2.10. The second-order valence-electron chi connectivity index (χ2n) is 4.72. The highest BCUT2D eigenvalue weighted by Crippen LogP contribution is 2.35. The van der Waals surface area contributed by atoms with Crippen molar-refractivity contribution in [3.63, 3.8) is 0 Å². The first-order chi connectivity index (χ1) is 6.86. The van der Waals surface area contributed by atoms with Crippen molar-refractivity contribution in [2.75, 3.05) is 12.8 Å². The van der Waals surface area contributed by atoms with E-state index in [1.807, 2.05) is 13.1 Å². The van der Waals surface area contributed by atoms with E-state index in [1.54, 1.807) is 6.20 Å². The summed E-state index contributed by atoms with van der Waals surface area (Å²) in [5.74, 6) is 0.536. The maximum atomic E-state index is 5.92. The highest BCUT2D eigenvalue weighted by atomic mass is 35.5. The van der Waals surface area contributed by atoms with Crippen LogP contribution in [0.4, 0.5) is 5.82 Å². The number of anilines is 1. The molecule has 1 atom stereocenters. The Morgan fingerprint density at radius 2 is 2.07 bits per heavy atom. The van der Waals surface area contributed by atoms with Gasteiger partial charge in [-0.25, -0.2) is 4.98 Å². The summed E-state index contributed by atoms with van der Waals surface area (Å²) in [6.45, 7) is 6.44. The molecule has 0 aromatic carbocycles. The van der Waals surface area contributed by atoms with Gasteiger partial charge in [0.1, 0.15) is 5.82 Å². The molecule has 1 heterocycles. The monoisotopic (exact) mass is 227 g/mol. The van der Waals surface area contributed by atoms with E-state index in [-0.39, 0.29) is 11.5 Å². The second-order valence-corrected chi connectivity index (χ2v) is 5.15. The fourth-order valence-electron chi connectivity index (χ4n) is 1.75. The summed E-state index contributed by atoms with van der Waals surface area (Å²) >= 11 is 5.92. The van der Waals surface area contributed by atoms with E-state index in [2.05, 4.69) is 31.1 Å². The minimum absolute atomic E-state index is 0.0647. The Morgan fingerprint density at radius 1 is 1.47 bits per heavy atom. The molecule has 1 rings (SSSR count). The largest absolute Gasteiger partial charge is 0.383 e. The average molecular weight is 228 g/mol. The topological polar surface area (TPSA) is 50.9 Å². The first kappa shape index (κ1) is 12.3. The molecule has 0 spiro atoms. The van der Waals surface area contributed by atoms with Crippen LogP contribution in [0.3, 0.4) is 0 Å². The van der Waals surface area contributed by atoms with Crippen molar-refractivity contribution in [1.82, 2.24) is 10.3 Å². The fraction of sp³-hybridized carbons (Fsp3) is 0.545. The van der Waals surface area contributed by atoms with Gasteiger partial charge in [-0.05, 0) is 18.5 Å². The Hall–Kier alpha value is -0.800. The number of nitrogens with two attached hydrogens (primary N) is 1. The maximum Gasteiger partial charge on any atom is 0.128 e. The number of aromatic nitrogens is 1. The predicted octanol–water partition coefficient (Wildman–Crippen LogP) is 2.62. The molecule has 0 amide bonds. The van der Waals surface area contributed by atoms with E-state index in [9.17, 15) is 0 Å². The van der Waals surface area contributed by atoms with E-state index in [0.717, 1.165) is 5.56 Å². The van der Waals surface area contributed by atoms with Crippen molar-refractivity contribution in [1.29, 1.82) is 0 Å². The zero-order valence-corrected chi connectivity index (χ0v) is 10.4. The number of pyridine rings is 1. The lowest BCUT2D eigenvalue weighted by Gasteiger charge is -2.31. The number of hydrogen-bond donors (Lipinski definition) is 2. The van der Waals surface area contributed by atoms with Gasteiger partial charge in [-0.1, -0.05) is 32.4 Å². The first-order valence-electron chi connectivity index (χ1n) is 4.94. The van der Waals surface area contributed by atoms with E-state index < -0.39 is 0 Å². The number of nitrogens with zero attached hydrogens (tertiary/aromatic N) is 1. The van der Waals surface area contributed by atoms with Crippen LogP contribution in [0.5, 0.6) is 0 Å². The molecule has 15 heavy (non-hydrogen) atoms. The van der Waals surface area contributed by atoms with Crippen LogP contribution in [0.2, 0.25) is 5.02 Å². The van der Waals surface area contributed by atoms with Crippen LogP contribution in [-0.2, 0) is 0 Å². The van der Waals surface area contributed by atoms with Gasteiger partial charge < -0.3 is 11.1 Å². The molecule has 0 aliphatic rings. The van der Waals surface area contributed by atoms with Crippen LogP contribution in [0.1, 0.15) is 32.4 Å². The molecule has 1 aromatic heterocycles. The SMILES string of the molecule is CNC(c1cc(Cl)cnc1N)C(C)(C)C. The molecule has 84 valence electrons. The zero-order valence-electron chi connectivity index (χ0n) is 9.63. The van der Waals surface area contributed by atoms with Crippen molar-refractivity contribution in [3.8, 4) is 0 Å². The molecule has 0 radical (unpaired) electrons. The van der Waals surface area contributed by atoms with Gasteiger partial charge in [-0.2, -0.15) is 0 Å². The molecule has 0 fully saturated rings. The summed E-state index contributed by atoms with van der Waals surface area (Å²) < 4.78 is 0. The van der Waals surface area contributed by atoms with Gasteiger partial charge in [0.2, 0.25) is 0 Å². The summed E-state index contributed by atoms with van der Waals surface area (Å²) in [6.07, 6.45) is 1.57. The van der Waals surface area contributed by atoms with Crippen LogP contribution >= 0.6 is 11.6 Å². The molecule has 1 unspecified atom stereocenters. The minimum Gasteiger partial charge on any atom is -0.383 e. The van der Waals surface area contributed by atoms with E-state index >= 15 is 0 Å². The number of hydrogen-bond acceptors (Lipinski definition) is 3. The van der Waals surface area contributed by atoms with Crippen molar-refractivity contribution >= 4 is 17.4 Å². The van der Waals surface area contributed by atoms with Crippen LogP contribution < -0.4 is 11.1 Å². The highest BCUT2D eigenvalue weighted by Gasteiger charge is 2.26. The van der Waals surface area contributed by atoms with Gasteiger partial charge in [-0.3, -0.25) is 0 Å². The van der Waals surface area contributed by atoms with Crippen molar-refractivity contribution in [2.24, 2.45) is 5.41 Å². The lowest BCUT2D eigenvalue weighted by atomic mass is 9.82. The zero-order chi connectivity index (χ0) is 11.6. The van der Waals surface area contributed by atoms with Crippen LogP contribution in [-0.4, -0.2) is 12.0 Å². The highest BCUT2D eigenvalue weighted by molar-refractivity contribution is 6.30. The lowest BCUT2D eigenvalue weighted by molar-refractivity contribution is 0.287. The normalized spacial score (nSPS) is 13.9. The molecule has 0 bridgehead atoms. The third-order valence-electron chi connectivity index (χ3n) is 2.38. The van der Waals surface area contributed by atoms with Gasteiger partial charge in [0.25, 0.3) is 0 Å². The third-order valence-corrected chi connectivity index (χ3v) is 2.59. The van der Waals surface area contributed by atoms with Gasteiger partial charge in [0.15, 0.2) is 0 Å². The first-order valence-corrected chi connectivity index (χ1v) is 5.32. The molecule has 1 aromatic rings. The molecule has 3 nitrogen and oxygen atoms in total. The quantitative estimate of drug-likeness (QED) is 0.817. The Balaban J connectivity index is 3.18. The van der Waals surface area contributed by atoms with Crippen LogP contribution in [0.15, 0.2) is 12.3 Å². The molecule has 3 N–H and O–H groups in total. The summed E-state index contributed by atoms with van der Waals surface area (Å²) in [5, 5.41) is 3.86. The fourth-order valence-corrected chi connectivity index (χ4v) is 1.92. The van der Waals surface area contributed by atoms with Crippen LogP contribution in [0.25, 0.3) is 0 Å². The lowest BCUT2D eigenvalue weighted by Crippen LogP contribution is -2.30. The summed E-state index contributed by atoms with van der Waals surface area (Å²) in [4.78, 5) is 4.07. The second kappa shape index (κ2) is 4.37. The summed E-state index contributed by atoms with van der Waals surface area (Å²) in [6, 6.07) is 2.01. The standard InChI is InChI=1S/C11H18ClN3/c1-11(2,3)9(14-4)8-5-7(12)6-15-10(8)13/h5-6,9,14H,1-4H3,(H2,13,15). The number of halogens is 1. The van der Waals surface area contributed by atoms with Crippen molar-refractivity contribution in [3.05, 3.63) is 22.8 Å². The van der Waals surface area contributed by atoms with Gasteiger partial charge in [0.05, 0.1) is 5.02 Å². The van der Waals surface area contributed by atoms with E-state index in [1.165, 1.54) is 0 Å². The molecule has 0 aliphatic heterocycles. The summed E-state index contributed by atoms with van der Waals surface area (Å²) in [5.41, 5.74) is 6.87. The Labute approximate surface area is 96.0 Å². The maximum absolute atomic E-state index is 5.92. The molecule has 0 saturated carbocycles. The smallest absolute Gasteiger partial charge is 0.128 e. The van der Waals surface area contributed by atoms with E-state index in [4.69, 9.17) is 17.3 Å². The Bertz CT molecular complexity index is 344. The molecular weight excluding hydrogens is 210 g/mol. The number of nitrogen functional groups attached to an aromatic ring is 1. The molecule has 0 saturated heterocycles.